The van der Waals surface area contributed by atoms with Crippen molar-refractivity contribution in [1.82, 2.24) is 15.0 Å². The van der Waals surface area contributed by atoms with E-state index in [1.54, 1.807) is 0 Å². The van der Waals surface area contributed by atoms with Crippen molar-refractivity contribution in [2.45, 2.75) is 39.7 Å². The molecule has 1 aromatic rings. The average Bonchev–Trinajstić information content (AvgIpc) is 2.77. The van der Waals surface area contributed by atoms with Gasteiger partial charge in [-0.25, -0.2) is 9.48 Å². The molecule has 0 bridgehead atoms. The Morgan fingerprint density at radius 1 is 1.50 bits per heavy atom. The van der Waals surface area contributed by atoms with Crippen LogP contribution in [0.2, 0.25) is 0 Å². The van der Waals surface area contributed by atoms with E-state index in [2.05, 4.69) is 17.2 Å². The number of hydrogen-bond donors (Lipinski definition) is 0. The fraction of sp³-hybridized carbons (Fsp3) is 0.750. The molecule has 0 fully saturated rings. The van der Waals surface area contributed by atoms with E-state index in [-0.39, 0.29) is 5.92 Å². The van der Waals surface area contributed by atoms with Crippen LogP contribution in [0.3, 0.4) is 0 Å². The Balaban J connectivity index is 2.79. The van der Waals surface area contributed by atoms with Crippen molar-refractivity contribution in [3.05, 3.63) is 11.4 Å². The summed E-state index contributed by atoms with van der Waals surface area (Å²) in [5, 5.41) is 8.00. The molecule has 0 unspecified atom stereocenters. The molecule has 0 aromatic carbocycles. The van der Waals surface area contributed by atoms with Gasteiger partial charge >= 0.3 is 5.97 Å². The fourth-order valence-electron chi connectivity index (χ4n) is 1.76. The van der Waals surface area contributed by atoms with Crippen molar-refractivity contribution in [2.24, 2.45) is 0 Å². The van der Waals surface area contributed by atoms with E-state index in [0.717, 1.165) is 30.2 Å². The van der Waals surface area contributed by atoms with Crippen molar-refractivity contribution in [3.63, 3.8) is 0 Å². The van der Waals surface area contributed by atoms with Crippen LogP contribution >= 0.6 is 11.8 Å². The number of hydrogen-bond acceptors (Lipinski definition) is 5. The maximum atomic E-state index is 11.6. The molecule has 18 heavy (non-hydrogen) atoms. The maximum absolute atomic E-state index is 11.6. The van der Waals surface area contributed by atoms with Gasteiger partial charge in [0.25, 0.3) is 0 Å². The minimum absolute atomic E-state index is 0.202. The predicted molar refractivity (Wildman–Crippen MR) is 73.1 cm³/mol. The Labute approximate surface area is 112 Å². The highest BCUT2D eigenvalue weighted by molar-refractivity contribution is 7.99. The van der Waals surface area contributed by atoms with E-state index in [4.69, 9.17) is 4.74 Å². The van der Waals surface area contributed by atoms with Crippen molar-refractivity contribution in [2.75, 3.05) is 18.6 Å². The molecule has 0 spiro atoms. The van der Waals surface area contributed by atoms with E-state index < -0.39 is 5.97 Å². The molecule has 1 aromatic heterocycles. The average molecular weight is 271 g/mol. The number of nitrogens with zero attached hydrogens (tertiary/aromatic N) is 3. The Morgan fingerprint density at radius 3 is 2.78 bits per heavy atom. The smallest absolute Gasteiger partial charge is 0.360 e. The summed E-state index contributed by atoms with van der Waals surface area (Å²) >= 11 is 1.91. The molecule has 5 nitrogen and oxygen atoms in total. The lowest BCUT2D eigenvalue weighted by molar-refractivity contribution is 0.0592. The summed E-state index contributed by atoms with van der Waals surface area (Å²) in [5.74, 6) is 2.02. The topological polar surface area (TPSA) is 57.0 Å². The van der Waals surface area contributed by atoms with Crippen LogP contribution in [0.1, 0.15) is 49.3 Å². The number of ether oxygens (including phenoxy) is 1. The van der Waals surface area contributed by atoms with Gasteiger partial charge in [-0.15, -0.1) is 5.10 Å². The van der Waals surface area contributed by atoms with Gasteiger partial charge in [0.2, 0.25) is 0 Å². The summed E-state index contributed by atoms with van der Waals surface area (Å²) in [6, 6.07) is 0. The number of aryl methyl sites for hydroxylation is 1. The van der Waals surface area contributed by atoms with Crippen LogP contribution in [0.4, 0.5) is 0 Å². The Morgan fingerprint density at radius 2 is 2.22 bits per heavy atom. The number of thioether (sulfide) groups is 1. The molecule has 0 atom stereocenters. The fourth-order valence-corrected chi connectivity index (χ4v) is 2.38. The third-order valence-electron chi connectivity index (χ3n) is 2.56. The van der Waals surface area contributed by atoms with Crippen molar-refractivity contribution >= 4 is 17.7 Å². The second-order valence-corrected chi connectivity index (χ2v) is 5.64. The first-order valence-electron chi connectivity index (χ1n) is 6.21. The molecule has 1 rings (SSSR count). The van der Waals surface area contributed by atoms with Crippen LogP contribution in [-0.2, 0) is 11.3 Å². The molecule has 0 aliphatic carbocycles. The van der Waals surface area contributed by atoms with Gasteiger partial charge in [-0.3, -0.25) is 0 Å². The normalized spacial score (nSPS) is 10.9. The van der Waals surface area contributed by atoms with Gasteiger partial charge in [-0.05, 0) is 23.8 Å². The van der Waals surface area contributed by atoms with Crippen LogP contribution < -0.4 is 0 Å². The molecule has 0 radical (unpaired) electrons. The van der Waals surface area contributed by atoms with Crippen LogP contribution in [0, 0.1) is 0 Å². The zero-order valence-electron chi connectivity index (χ0n) is 11.5. The first-order valence-corrected chi connectivity index (χ1v) is 7.36. The summed E-state index contributed by atoms with van der Waals surface area (Å²) < 4.78 is 6.55. The standard InChI is InChI=1S/C12H21N3O2S/c1-5-18-8-6-7-15-11(9(2)3)10(13-14-15)12(16)17-4/h9H,5-8H2,1-4H3. The first kappa shape index (κ1) is 15.0. The molecule has 0 saturated heterocycles. The summed E-state index contributed by atoms with van der Waals surface area (Å²) in [6.07, 6.45) is 1.03. The zero-order chi connectivity index (χ0) is 13.5. The molecule has 1 heterocycles. The second-order valence-electron chi connectivity index (χ2n) is 4.24. The number of carbonyl (C=O) groups excluding carboxylic acids is 1. The second kappa shape index (κ2) is 7.41. The molecule has 102 valence electrons. The third-order valence-corrected chi connectivity index (χ3v) is 3.55. The highest BCUT2D eigenvalue weighted by atomic mass is 32.2. The minimum atomic E-state index is -0.409. The van der Waals surface area contributed by atoms with Crippen molar-refractivity contribution in [1.29, 1.82) is 0 Å². The third kappa shape index (κ3) is 3.73. The van der Waals surface area contributed by atoms with E-state index in [9.17, 15) is 4.79 Å². The van der Waals surface area contributed by atoms with Crippen LogP contribution in [0.5, 0.6) is 0 Å². The van der Waals surface area contributed by atoms with Gasteiger partial charge in [-0.1, -0.05) is 26.0 Å². The highest BCUT2D eigenvalue weighted by Gasteiger charge is 2.22. The monoisotopic (exact) mass is 271 g/mol. The van der Waals surface area contributed by atoms with Crippen LogP contribution in [0.15, 0.2) is 0 Å². The van der Waals surface area contributed by atoms with E-state index >= 15 is 0 Å². The van der Waals surface area contributed by atoms with Gasteiger partial charge in [0.15, 0.2) is 5.69 Å². The number of methoxy groups -OCH3 is 1. The summed E-state index contributed by atoms with van der Waals surface area (Å²) in [6.45, 7) is 7.00. The quantitative estimate of drug-likeness (QED) is 0.563. The highest BCUT2D eigenvalue weighted by Crippen LogP contribution is 2.18. The molecular formula is C12H21N3O2S. The van der Waals surface area contributed by atoms with Gasteiger partial charge in [-0.2, -0.15) is 11.8 Å². The molecule has 0 N–H and O–H groups in total. The summed E-state index contributed by atoms with van der Waals surface area (Å²) in [4.78, 5) is 11.6. The van der Waals surface area contributed by atoms with E-state index in [1.165, 1.54) is 7.11 Å². The summed E-state index contributed by atoms with van der Waals surface area (Å²) in [7, 11) is 1.36. The van der Waals surface area contributed by atoms with E-state index in [1.807, 2.05) is 30.3 Å². The number of esters is 1. The van der Waals surface area contributed by atoms with Crippen LogP contribution in [-0.4, -0.2) is 39.6 Å². The SMILES string of the molecule is CCSCCCn1nnc(C(=O)OC)c1C(C)C. The largest absolute Gasteiger partial charge is 0.464 e. The minimum Gasteiger partial charge on any atom is -0.464 e. The number of carbonyl (C=O) groups is 1. The first-order chi connectivity index (χ1) is 8.61. The maximum Gasteiger partial charge on any atom is 0.360 e. The van der Waals surface area contributed by atoms with E-state index in [0.29, 0.717) is 5.69 Å². The molecule has 6 heteroatoms. The predicted octanol–water partition coefficient (Wildman–Crippen LogP) is 2.33. The van der Waals surface area contributed by atoms with Gasteiger partial charge in [0, 0.05) is 6.54 Å². The molecule has 0 aliphatic heterocycles. The summed E-state index contributed by atoms with van der Waals surface area (Å²) in [5.41, 5.74) is 1.21. The number of aromatic nitrogens is 3. The Hall–Kier alpha value is -1.04. The number of rotatable bonds is 7. The Bertz CT molecular complexity index is 391. The molecular weight excluding hydrogens is 250 g/mol. The molecule has 0 aliphatic rings. The zero-order valence-corrected chi connectivity index (χ0v) is 12.3. The lowest BCUT2D eigenvalue weighted by Crippen LogP contribution is -2.11. The van der Waals surface area contributed by atoms with Gasteiger partial charge < -0.3 is 4.74 Å². The van der Waals surface area contributed by atoms with Crippen molar-refractivity contribution < 1.29 is 9.53 Å². The van der Waals surface area contributed by atoms with Gasteiger partial charge in [0.1, 0.15) is 0 Å². The van der Waals surface area contributed by atoms with Crippen molar-refractivity contribution in [3.8, 4) is 0 Å². The lowest BCUT2D eigenvalue weighted by Gasteiger charge is -2.10. The lowest BCUT2D eigenvalue weighted by atomic mass is 10.1. The Kier molecular flexibility index (Phi) is 6.18. The van der Waals surface area contributed by atoms with Crippen LogP contribution in [0.25, 0.3) is 0 Å². The molecule has 0 saturated carbocycles. The van der Waals surface area contributed by atoms with Gasteiger partial charge in [0.05, 0.1) is 12.8 Å². The molecule has 0 amide bonds.